The van der Waals surface area contributed by atoms with E-state index >= 15 is 0 Å². The van der Waals surface area contributed by atoms with Crippen molar-refractivity contribution in [1.82, 2.24) is 9.97 Å². The molecule has 2 aromatic rings. The molecule has 1 aromatic heterocycles. The average molecular weight is 276 g/mol. The Hall–Kier alpha value is -2.24. The molecular weight excluding hydrogens is 262 g/mol. The predicted octanol–water partition coefficient (Wildman–Crippen LogP) is 3.27. The van der Waals surface area contributed by atoms with Crippen molar-refractivity contribution in [3.63, 3.8) is 0 Å². The average Bonchev–Trinajstić information content (AvgIpc) is 3.23. The maximum absolute atomic E-state index is 13.7. The van der Waals surface area contributed by atoms with Gasteiger partial charge >= 0.3 is 0 Å². The summed E-state index contributed by atoms with van der Waals surface area (Å²) in [5.41, 5.74) is 6.51. The maximum atomic E-state index is 13.7. The second-order valence-corrected chi connectivity index (χ2v) is 4.96. The van der Waals surface area contributed by atoms with Gasteiger partial charge in [0.2, 0.25) is 0 Å². The summed E-state index contributed by atoms with van der Waals surface area (Å²) in [6, 6.07) is 3.22. The van der Waals surface area contributed by atoms with Gasteiger partial charge in [-0.15, -0.1) is 0 Å². The summed E-state index contributed by atoms with van der Waals surface area (Å²) in [7, 11) is 0. The van der Waals surface area contributed by atoms with E-state index in [1.54, 1.807) is 6.92 Å². The van der Waals surface area contributed by atoms with Crippen molar-refractivity contribution in [2.75, 3.05) is 11.1 Å². The van der Waals surface area contributed by atoms with E-state index in [2.05, 4.69) is 15.3 Å². The van der Waals surface area contributed by atoms with Crippen LogP contribution in [0.5, 0.6) is 0 Å². The number of nitrogens with two attached hydrogens (primary N) is 1. The topological polar surface area (TPSA) is 63.8 Å². The highest BCUT2D eigenvalue weighted by molar-refractivity contribution is 5.64. The van der Waals surface area contributed by atoms with Gasteiger partial charge in [-0.05, 0) is 31.9 Å². The number of benzene rings is 1. The first-order valence-electron chi connectivity index (χ1n) is 6.40. The van der Waals surface area contributed by atoms with Crippen LogP contribution in [-0.4, -0.2) is 9.97 Å². The number of rotatable bonds is 3. The quantitative estimate of drug-likeness (QED) is 0.903. The number of halogens is 2. The zero-order valence-electron chi connectivity index (χ0n) is 11.0. The zero-order valence-corrected chi connectivity index (χ0v) is 11.0. The minimum Gasteiger partial charge on any atom is -0.383 e. The summed E-state index contributed by atoms with van der Waals surface area (Å²) in [4.78, 5) is 8.61. The third-order valence-corrected chi connectivity index (χ3v) is 3.32. The van der Waals surface area contributed by atoms with E-state index in [0.29, 0.717) is 28.9 Å². The molecule has 1 aliphatic carbocycles. The van der Waals surface area contributed by atoms with Gasteiger partial charge in [-0.1, -0.05) is 0 Å². The van der Waals surface area contributed by atoms with E-state index in [0.717, 1.165) is 31.0 Å². The molecule has 3 rings (SSSR count). The van der Waals surface area contributed by atoms with Crippen molar-refractivity contribution in [2.45, 2.75) is 25.7 Å². The lowest BCUT2D eigenvalue weighted by atomic mass is 10.2. The summed E-state index contributed by atoms with van der Waals surface area (Å²) in [6.45, 7) is 1.74. The third kappa shape index (κ3) is 2.41. The molecule has 0 bridgehead atoms. The summed E-state index contributed by atoms with van der Waals surface area (Å²) in [6.07, 6.45) is 2.08. The van der Waals surface area contributed by atoms with E-state index < -0.39 is 11.6 Å². The Morgan fingerprint density at radius 2 is 2.00 bits per heavy atom. The fraction of sp³-hybridized carbons (Fsp3) is 0.286. The number of anilines is 3. The van der Waals surface area contributed by atoms with Crippen LogP contribution in [-0.2, 0) is 0 Å². The molecule has 20 heavy (non-hydrogen) atoms. The highest BCUT2D eigenvalue weighted by Crippen LogP contribution is 2.39. The molecule has 0 spiro atoms. The smallest absolute Gasteiger partial charge is 0.146 e. The molecule has 1 saturated carbocycles. The number of nitrogens with zero attached hydrogens (tertiary/aromatic N) is 2. The number of hydrogen-bond donors (Lipinski definition) is 2. The standard InChI is InChI=1S/C14H14F2N4/c1-7-12(17)19-14(8-2-3-8)20-13(7)18-11-6-9(15)4-5-10(11)16/h4-6,8H,2-3H2,1H3,(H3,17,18,19,20). The SMILES string of the molecule is Cc1c(N)nc(C2CC2)nc1Nc1cc(F)ccc1F. The minimum absolute atomic E-state index is 0.0351. The summed E-state index contributed by atoms with van der Waals surface area (Å²) < 4.78 is 26.8. The lowest BCUT2D eigenvalue weighted by Crippen LogP contribution is -2.07. The first kappa shape index (κ1) is 12.8. The molecule has 1 heterocycles. The fourth-order valence-corrected chi connectivity index (χ4v) is 1.92. The highest BCUT2D eigenvalue weighted by Gasteiger charge is 2.28. The van der Waals surface area contributed by atoms with Gasteiger partial charge in [0.1, 0.15) is 29.1 Å². The van der Waals surface area contributed by atoms with Crippen LogP contribution in [0.1, 0.15) is 30.1 Å². The second kappa shape index (κ2) is 4.70. The molecule has 3 N–H and O–H groups in total. The molecule has 4 nitrogen and oxygen atoms in total. The lowest BCUT2D eigenvalue weighted by molar-refractivity contribution is 0.603. The Morgan fingerprint density at radius 1 is 1.25 bits per heavy atom. The molecule has 0 radical (unpaired) electrons. The van der Waals surface area contributed by atoms with Gasteiger partial charge in [0.05, 0.1) is 5.69 Å². The van der Waals surface area contributed by atoms with Crippen molar-refractivity contribution in [2.24, 2.45) is 0 Å². The van der Waals surface area contributed by atoms with Crippen molar-refractivity contribution in [1.29, 1.82) is 0 Å². The molecule has 0 saturated heterocycles. The zero-order chi connectivity index (χ0) is 14.3. The Balaban J connectivity index is 1.99. The van der Waals surface area contributed by atoms with Crippen molar-refractivity contribution < 1.29 is 8.78 Å². The van der Waals surface area contributed by atoms with Gasteiger partial charge in [-0.2, -0.15) is 0 Å². The largest absolute Gasteiger partial charge is 0.383 e. The Morgan fingerprint density at radius 3 is 2.70 bits per heavy atom. The summed E-state index contributed by atoms with van der Waals surface area (Å²) in [5, 5.41) is 2.80. The van der Waals surface area contributed by atoms with Gasteiger partial charge < -0.3 is 11.1 Å². The van der Waals surface area contributed by atoms with Crippen LogP contribution >= 0.6 is 0 Å². The number of nitrogen functional groups attached to an aromatic ring is 1. The highest BCUT2D eigenvalue weighted by atomic mass is 19.1. The molecule has 0 aliphatic heterocycles. The fourth-order valence-electron chi connectivity index (χ4n) is 1.92. The first-order valence-corrected chi connectivity index (χ1v) is 6.40. The van der Waals surface area contributed by atoms with Crippen LogP contribution in [0.25, 0.3) is 0 Å². The molecule has 1 aliphatic rings. The monoisotopic (exact) mass is 276 g/mol. The van der Waals surface area contributed by atoms with Crippen LogP contribution in [0, 0.1) is 18.6 Å². The van der Waals surface area contributed by atoms with E-state index in [4.69, 9.17) is 5.73 Å². The van der Waals surface area contributed by atoms with Gasteiger partial charge in [-0.25, -0.2) is 18.7 Å². The molecule has 1 aromatic carbocycles. The van der Waals surface area contributed by atoms with Crippen LogP contribution in [0.15, 0.2) is 18.2 Å². The summed E-state index contributed by atoms with van der Waals surface area (Å²) >= 11 is 0. The van der Waals surface area contributed by atoms with Crippen LogP contribution in [0.4, 0.5) is 26.1 Å². The Bertz CT molecular complexity index is 668. The number of hydrogen-bond acceptors (Lipinski definition) is 4. The summed E-state index contributed by atoms with van der Waals surface area (Å²) in [5.74, 6) is 0.709. The lowest BCUT2D eigenvalue weighted by Gasteiger charge is -2.12. The van der Waals surface area contributed by atoms with Gasteiger partial charge in [0.15, 0.2) is 0 Å². The van der Waals surface area contributed by atoms with E-state index in [1.807, 2.05) is 0 Å². The van der Waals surface area contributed by atoms with Crippen LogP contribution in [0.3, 0.4) is 0 Å². The van der Waals surface area contributed by atoms with Crippen LogP contribution < -0.4 is 11.1 Å². The van der Waals surface area contributed by atoms with Crippen molar-refractivity contribution >= 4 is 17.3 Å². The molecule has 6 heteroatoms. The molecule has 0 amide bonds. The molecule has 0 atom stereocenters. The van der Waals surface area contributed by atoms with Crippen molar-refractivity contribution in [3.05, 3.63) is 41.2 Å². The van der Waals surface area contributed by atoms with E-state index in [-0.39, 0.29) is 5.69 Å². The predicted molar refractivity (Wildman–Crippen MR) is 72.8 cm³/mol. The van der Waals surface area contributed by atoms with Gasteiger partial charge in [-0.3, -0.25) is 0 Å². The molecule has 104 valence electrons. The molecule has 1 fully saturated rings. The first-order chi connectivity index (χ1) is 9.54. The normalized spacial score (nSPS) is 14.3. The van der Waals surface area contributed by atoms with Gasteiger partial charge in [0, 0.05) is 17.5 Å². The van der Waals surface area contributed by atoms with Crippen LogP contribution in [0.2, 0.25) is 0 Å². The Labute approximate surface area is 115 Å². The molecule has 0 unspecified atom stereocenters. The van der Waals surface area contributed by atoms with Crippen molar-refractivity contribution in [3.8, 4) is 0 Å². The van der Waals surface area contributed by atoms with Gasteiger partial charge in [0.25, 0.3) is 0 Å². The maximum Gasteiger partial charge on any atom is 0.146 e. The third-order valence-electron chi connectivity index (χ3n) is 3.32. The van der Waals surface area contributed by atoms with E-state index in [1.165, 1.54) is 0 Å². The van der Waals surface area contributed by atoms with E-state index in [9.17, 15) is 8.78 Å². The Kier molecular flexibility index (Phi) is 3.00. The number of aromatic nitrogens is 2. The molecular formula is C14H14F2N4. The number of nitrogens with one attached hydrogen (secondary N) is 1. The minimum atomic E-state index is -0.545. The second-order valence-electron chi connectivity index (χ2n) is 4.96.